The minimum atomic E-state index is 0.601. The van der Waals surface area contributed by atoms with Crippen LogP contribution in [0.2, 0.25) is 0 Å². The first-order valence-corrected chi connectivity index (χ1v) is 6.88. The molecule has 0 spiro atoms. The van der Waals surface area contributed by atoms with E-state index in [0.717, 1.165) is 22.5 Å². The number of rotatable bonds is 4. The molecule has 0 aliphatic rings. The molecular formula is C13H19BrClNO. The smallest absolute Gasteiger partial charge is 0.145 e. The lowest BCUT2D eigenvalue weighted by Crippen LogP contribution is -2.22. The molecule has 0 aromatic heterocycles. The minimum Gasteiger partial charge on any atom is -0.494 e. The maximum absolute atomic E-state index is 5.81. The van der Waals surface area contributed by atoms with Gasteiger partial charge in [0, 0.05) is 23.9 Å². The van der Waals surface area contributed by atoms with Gasteiger partial charge in [-0.05, 0) is 37.5 Å². The predicted molar refractivity (Wildman–Crippen MR) is 78.9 cm³/mol. The molecule has 0 saturated carbocycles. The summed E-state index contributed by atoms with van der Waals surface area (Å²) in [6.07, 6.45) is 0. The largest absolute Gasteiger partial charge is 0.494 e. The summed E-state index contributed by atoms with van der Waals surface area (Å²) >= 11 is 9.46. The van der Waals surface area contributed by atoms with Crippen LogP contribution in [0, 0.1) is 20.8 Å². The SMILES string of the molecule is COc1c(C)c(C)c(Br)c(C)c1N(C)CCCl. The Hall–Kier alpha value is -0.410. The van der Waals surface area contributed by atoms with Crippen molar-refractivity contribution in [2.75, 3.05) is 31.5 Å². The Kier molecular flexibility index (Phi) is 5.14. The normalized spacial score (nSPS) is 10.5. The summed E-state index contributed by atoms with van der Waals surface area (Å²) in [5, 5.41) is 0. The zero-order valence-electron chi connectivity index (χ0n) is 11.0. The van der Waals surface area contributed by atoms with E-state index < -0.39 is 0 Å². The molecule has 0 amide bonds. The van der Waals surface area contributed by atoms with E-state index in [-0.39, 0.29) is 0 Å². The Morgan fingerprint density at radius 1 is 1.18 bits per heavy atom. The molecule has 0 heterocycles. The molecule has 1 rings (SSSR count). The van der Waals surface area contributed by atoms with E-state index in [2.05, 4.69) is 41.6 Å². The summed E-state index contributed by atoms with van der Waals surface area (Å²) in [6.45, 7) is 7.07. The monoisotopic (exact) mass is 319 g/mol. The molecule has 1 aromatic carbocycles. The number of anilines is 1. The van der Waals surface area contributed by atoms with Crippen LogP contribution in [0.1, 0.15) is 16.7 Å². The van der Waals surface area contributed by atoms with Crippen LogP contribution in [0.4, 0.5) is 5.69 Å². The second kappa shape index (κ2) is 5.96. The fourth-order valence-corrected chi connectivity index (χ4v) is 2.75. The number of benzene rings is 1. The maximum Gasteiger partial charge on any atom is 0.145 e. The van der Waals surface area contributed by atoms with Crippen molar-refractivity contribution in [3.63, 3.8) is 0 Å². The van der Waals surface area contributed by atoms with E-state index in [0.29, 0.717) is 5.88 Å². The number of methoxy groups -OCH3 is 1. The van der Waals surface area contributed by atoms with E-state index in [1.165, 1.54) is 16.7 Å². The van der Waals surface area contributed by atoms with E-state index in [1.54, 1.807) is 7.11 Å². The van der Waals surface area contributed by atoms with Gasteiger partial charge in [0.2, 0.25) is 0 Å². The Bertz CT molecular complexity index is 421. The third-order valence-electron chi connectivity index (χ3n) is 3.14. The first-order valence-electron chi connectivity index (χ1n) is 5.56. The summed E-state index contributed by atoms with van der Waals surface area (Å²) in [6, 6.07) is 0. The van der Waals surface area contributed by atoms with E-state index in [9.17, 15) is 0 Å². The molecule has 0 aliphatic heterocycles. The third kappa shape index (κ3) is 2.71. The highest BCUT2D eigenvalue weighted by Crippen LogP contribution is 2.41. The summed E-state index contributed by atoms with van der Waals surface area (Å²) in [5.41, 5.74) is 4.70. The van der Waals surface area contributed by atoms with Crippen LogP contribution in [-0.4, -0.2) is 26.6 Å². The topological polar surface area (TPSA) is 12.5 Å². The highest BCUT2D eigenvalue weighted by molar-refractivity contribution is 9.10. The van der Waals surface area contributed by atoms with Crippen LogP contribution in [0.25, 0.3) is 0 Å². The maximum atomic E-state index is 5.81. The van der Waals surface area contributed by atoms with Crippen molar-refractivity contribution in [1.29, 1.82) is 0 Å². The van der Waals surface area contributed by atoms with Gasteiger partial charge in [0.25, 0.3) is 0 Å². The van der Waals surface area contributed by atoms with Gasteiger partial charge in [-0.2, -0.15) is 0 Å². The van der Waals surface area contributed by atoms with Gasteiger partial charge in [0.15, 0.2) is 0 Å². The van der Waals surface area contributed by atoms with Crippen LogP contribution >= 0.6 is 27.5 Å². The second-order valence-electron chi connectivity index (χ2n) is 4.18. The van der Waals surface area contributed by atoms with Gasteiger partial charge >= 0.3 is 0 Å². The standard InChI is InChI=1S/C13H19BrClNO/c1-8-9(2)13(17-5)12(10(3)11(8)14)16(4)7-6-15/h6-7H2,1-5H3. The molecule has 0 fully saturated rings. The number of ether oxygens (including phenoxy) is 1. The average Bonchev–Trinajstić information content (AvgIpc) is 2.31. The van der Waals surface area contributed by atoms with Gasteiger partial charge in [-0.25, -0.2) is 0 Å². The Labute approximate surface area is 117 Å². The molecule has 4 heteroatoms. The molecule has 17 heavy (non-hydrogen) atoms. The van der Waals surface area contributed by atoms with Crippen molar-refractivity contribution < 1.29 is 4.74 Å². The van der Waals surface area contributed by atoms with Gasteiger partial charge in [-0.15, -0.1) is 11.6 Å². The molecule has 1 aromatic rings. The molecule has 2 nitrogen and oxygen atoms in total. The lowest BCUT2D eigenvalue weighted by atomic mass is 10.0. The predicted octanol–water partition coefficient (Wildman–Crippen LogP) is 4.06. The molecular weight excluding hydrogens is 302 g/mol. The van der Waals surface area contributed by atoms with Gasteiger partial charge in [0.05, 0.1) is 12.8 Å². The Balaban J connectivity index is 3.46. The van der Waals surface area contributed by atoms with Crippen molar-refractivity contribution in [3.8, 4) is 5.75 Å². The van der Waals surface area contributed by atoms with Crippen molar-refractivity contribution in [1.82, 2.24) is 0 Å². The molecule has 0 aliphatic carbocycles. The van der Waals surface area contributed by atoms with E-state index in [1.807, 2.05) is 7.05 Å². The molecule has 96 valence electrons. The van der Waals surface area contributed by atoms with Crippen LogP contribution < -0.4 is 9.64 Å². The second-order valence-corrected chi connectivity index (χ2v) is 5.35. The van der Waals surface area contributed by atoms with Crippen molar-refractivity contribution in [2.24, 2.45) is 0 Å². The van der Waals surface area contributed by atoms with Crippen LogP contribution in [0.3, 0.4) is 0 Å². The number of hydrogen-bond donors (Lipinski definition) is 0. The lowest BCUT2D eigenvalue weighted by Gasteiger charge is -2.26. The summed E-state index contributed by atoms with van der Waals surface area (Å²) < 4.78 is 6.70. The summed E-state index contributed by atoms with van der Waals surface area (Å²) in [4.78, 5) is 2.14. The van der Waals surface area contributed by atoms with Gasteiger partial charge in [-0.3, -0.25) is 0 Å². The number of hydrogen-bond acceptors (Lipinski definition) is 2. The quantitative estimate of drug-likeness (QED) is 0.776. The van der Waals surface area contributed by atoms with Crippen LogP contribution in [0.5, 0.6) is 5.75 Å². The van der Waals surface area contributed by atoms with Crippen molar-refractivity contribution in [3.05, 3.63) is 21.2 Å². The first-order chi connectivity index (χ1) is 7.95. The molecule has 0 saturated heterocycles. The highest BCUT2D eigenvalue weighted by Gasteiger charge is 2.19. The lowest BCUT2D eigenvalue weighted by molar-refractivity contribution is 0.411. The molecule has 0 N–H and O–H groups in total. The van der Waals surface area contributed by atoms with Crippen LogP contribution in [0.15, 0.2) is 4.47 Å². The number of alkyl halides is 1. The van der Waals surface area contributed by atoms with Crippen molar-refractivity contribution in [2.45, 2.75) is 20.8 Å². The van der Waals surface area contributed by atoms with Gasteiger partial charge in [0.1, 0.15) is 5.75 Å². The zero-order chi connectivity index (χ0) is 13.2. The molecule has 0 radical (unpaired) electrons. The first kappa shape index (κ1) is 14.7. The van der Waals surface area contributed by atoms with Crippen molar-refractivity contribution >= 4 is 33.2 Å². The fourth-order valence-electron chi connectivity index (χ4n) is 2.02. The Morgan fingerprint density at radius 2 is 1.76 bits per heavy atom. The van der Waals surface area contributed by atoms with E-state index in [4.69, 9.17) is 16.3 Å². The molecule has 0 atom stereocenters. The number of halogens is 2. The van der Waals surface area contributed by atoms with E-state index >= 15 is 0 Å². The highest BCUT2D eigenvalue weighted by atomic mass is 79.9. The minimum absolute atomic E-state index is 0.601. The fraction of sp³-hybridized carbons (Fsp3) is 0.538. The van der Waals surface area contributed by atoms with Gasteiger partial charge < -0.3 is 9.64 Å². The third-order valence-corrected chi connectivity index (χ3v) is 4.50. The van der Waals surface area contributed by atoms with Crippen LogP contribution in [-0.2, 0) is 0 Å². The molecule has 0 unspecified atom stereocenters. The van der Waals surface area contributed by atoms with Gasteiger partial charge in [-0.1, -0.05) is 15.9 Å². The summed E-state index contributed by atoms with van der Waals surface area (Å²) in [5.74, 6) is 1.54. The molecule has 0 bridgehead atoms. The summed E-state index contributed by atoms with van der Waals surface area (Å²) in [7, 11) is 3.75. The number of nitrogens with zero attached hydrogens (tertiary/aromatic N) is 1. The average molecular weight is 321 g/mol. The zero-order valence-corrected chi connectivity index (χ0v) is 13.4. The Morgan fingerprint density at radius 3 is 2.24 bits per heavy atom.